The van der Waals surface area contributed by atoms with Crippen LogP contribution in [-0.4, -0.2) is 25.5 Å². The van der Waals surface area contributed by atoms with Crippen LogP contribution in [0.2, 0.25) is 0 Å². The number of hydrogen-bond acceptors (Lipinski definition) is 1. The van der Waals surface area contributed by atoms with Crippen molar-refractivity contribution in [3.8, 4) is 0 Å². The SMILES string of the molecule is C[C@H]1CCCC[C@@H]1NC(=O)C[NH+](C)[C@@H]1CCCc2ccccc21. The quantitative estimate of drug-likeness (QED) is 0.878. The van der Waals surface area contributed by atoms with Crippen LogP contribution in [0.4, 0.5) is 0 Å². The second-order valence-corrected chi connectivity index (χ2v) is 7.60. The number of nitrogens with one attached hydrogen (secondary N) is 2. The summed E-state index contributed by atoms with van der Waals surface area (Å²) in [4.78, 5) is 13.8. The van der Waals surface area contributed by atoms with E-state index in [-0.39, 0.29) is 5.91 Å². The Morgan fingerprint density at radius 2 is 1.96 bits per heavy atom. The Kier molecular flexibility index (Phi) is 5.37. The Labute approximate surface area is 140 Å². The lowest BCUT2D eigenvalue weighted by atomic mass is 9.86. The molecule has 0 saturated heterocycles. The number of quaternary nitrogens is 1. The summed E-state index contributed by atoms with van der Waals surface area (Å²) < 4.78 is 0. The molecule has 3 heteroatoms. The van der Waals surface area contributed by atoms with Crippen LogP contribution >= 0.6 is 0 Å². The molecule has 0 heterocycles. The minimum Gasteiger partial charge on any atom is -0.348 e. The van der Waals surface area contributed by atoms with Gasteiger partial charge in [0.2, 0.25) is 0 Å². The van der Waals surface area contributed by atoms with Crippen LogP contribution in [-0.2, 0) is 11.2 Å². The summed E-state index contributed by atoms with van der Waals surface area (Å²) in [7, 11) is 2.18. The van der Waals surface area contributed by atoms with Crippen LogP contribution in [0.25, 0.3) is 0 Å². The molecule has 0 aliphatic heterocycles. The zero-order valence-electron chi connectivity index (χ0n) is 14.6. The molecule has 2 aliphatic carbocycles. The second kappa shape index (κ2) is 7.48. The van der Waals surface area contributed by atoms with Gasteiger partial charge in [0.15, 0.2) is 6.54 Å². The van der Waals surface area contributed by atoms with E-state index in [0.717, 1.165) is 6.42 Å². The van der Waals surface area contributed by atoms with E-state index in [2.05, 4.69) is 43.6 Å². The lowest BCUT2D eigenvalue weighted by molar-refractivity contribution is -0.905. The number of hydrogen-bond donors (Lipinski definition) is 2. The maximum Gasteiger partial charge on any atom is 0.275 e. The predicted octanol–water partition coefficient (Wildman–Crippen LogP) is 2.27. The third-order valence-electron chi connectivity index (χ3n) is 5.86. The molecule has 1 unspecified atom stereocenters. The van der Waals surface area contributed by atoms with Gasteiger partial charge in [-0.05, 0) is 37.2 Å². The summed E-state index contributed by atoms with van der Waals surface area (Å²) in [6, 6.07) is 9.63. The first-order valence-electron chi connectivity index (χ1n) is 9.34. The zero-order chi connectivity index (χ0) is 16.2. The van der Waals surface area contributed by atoms with Crippen molar-refractivity contribution in [2.24, 2.45) is 5.92 Å². The monoisotopic (exact) mass is 315 g/mol. The lowest BCUT2D eigenvalue weighted by Gasteiger charge is -2.32. The molecule has 1 aromatic carbocycles. The van der Waals surface area contributed by atoms with E-state index in [1.54, 1.807) is 0 Å². The highest BCUT2D eigenvalue weighted by Crippen LogP contribution is 2.27. The van der Waals surface area contributed by atoms with E-state index in [1.165, 1.54) is 54.6 Å². The van der Waals surface area contributed by atoms with Gasteiger partial charge in [-0.15, -0.1) is 0 Å². The molecule has 4 atom stereocenters. The van der Waals surface area contributed by atoms with Crippen molar-refractivity contribution in [1.29, 1.82) is 0 Å². The third-order valence-corrected chi connectivity index (χ3v) is 5.86. The molecule has 1 fully saturated rings. The van der Waals surface area contributed by atoms with Crippen LogP contribution in [0.1, 0.15) is 62.6 Å². The summed E-state index contributed by atoms with van der Waals surface area (Å²) in [5.41, 5.74) is 2.93. The summed E-state index contributed by atoms with van der Waals surface area (Å²) in [5, 5.41) is 3.30. The van der Waals surface area contributed by atoms with Crippen LogP contribution < -0.4 is 10.2 Å². The number of carbonyl (C=O) groups is 1. The Hall–Kier alpha value is -1.35. The van der Waals surface area contributed by atoms with Gasteiger partial charge in [0.05, 0.1) is 7.05 Å². The van der Waals surface area contributed by atoms with E-state index < -0.39 is 0 Å². The summed E-state index contributed by atoms with van der Waals surface area (Å²) >= 11 is 0. The number of amides is 1. The van der Waals surface area contributed by atoms with Gasteiger partial charge in [-0.1, -0.05) is 44.0 Å². The highest BCUT2D eigenvalue weighted by atomic mass is 16.2. The van der Waals surface area contributed by atoms with Gasteiger partial charge >= 0.3 is 0 Å². The molecule has 0 bridgehead atoms. The molecule has 23 heavy (non-hydrogen) atoms. The molecule has 126 valence electrons. The molecule has 0 aromatic heterocycles. The van der Waals surface area contributed by atoms with Crippen LogP contribution in [0.3, 0.4) is 0 Å². The van der Waals surface area contributed by atoms with Crippen molar-refractivity contribution in [2.45, 2.75) is 64.0 Å². The minimum absolute atomic E-state index is 0.226. The predicted molar refractivity (Wildman–Crippen MR) is 93.4 cm³/mol. The molecule has 1 aromatic rings. The summed E-state index contributed by atoms with van der Waals surface area (Å²) in [6.07, 6.45) is 8.59. The molecular weight excluding hydrogens is 284 g/mol. The van der Waals surface area contributed by atoms with E-state index in [9.17, 15) is 4.79 Å². The topological polar surface area (TPSA) is 33.5 Å². The Balaban J connectivity index is 1.59. The average Bonchev–Trinajstić information content (AvgIpc) is 2.56. The third kappa shape index (κ3) is 3.95. The molecule has 0 spiro atoms. The largest absolute Gasteiger partial charge is 0.348 e. The minimum atomic E-state index is 0.226. The second-order valence-electron chi connectivity index (χ2n) is 7.60. The van der Waals surface area contributed by atoms with Crippen molar-refractivity contribution in [3.63, 3.8) is 0 Å². The molecule has 0 radical (unpaired) electrons. The zero-order valence-corrected chi connectivity index (χ0v) is 14.6. The lowest BCUT2D eigenvalue weighted by Crippen LogP contribution is -3.10. The van der Waals surface area contributed by atoms with Crippen molar-refractivity contribution in [1.82, 2.24) is 5.32 Å². The highest BCUT2D eigenvalue weighted by molar-refractivity contribution is 5.77. The van der Waals surface area contributed by atoms with Crippen LogP contribution in [0, 0.1) is 5.92 Å². The van der Waals surface area contributed by atoms with Crippen LogP contribution in [0.5, 0.6) is 0 Å². The van der Waals surface area contributed by atoms with Gasteiger partial charge in [0, 0.05) is 18.0 Å². The van der Waals surface area contributed by atoms with Crippen molar-refractivity contribution < 1.29 is 9.69 Å². The maximum absolute atomic E-state index is 12.5. The van der Waals surface area contributed by atoms with E-state index >= 15 is 0 Å². The van der Waals surface area contributed by atoms with Gasteiger partial charge in [0.25, 0.3) is 5.91 Å². The van der Waals surface area contributed by atoms with Crippen molar-refractivity contribution in [3.05, 3.63) is 35.4 Å². The van der Waals surface area contributed by atoms with E-state index in [4.69, 9.17) is 0 Å². The van der Waals surface area contributed by atoms with Crippen molar-refractivity contribution in [2.75, 3.05) is 13.6 Å². The molecule has 2 N–H and O–H groups in total. The number of fused-ring (bicyclic) bond motifs is 1. The maximum atomic E-state index is 12.5. The van der Waals surface area contributed by atoms with Gasteiger partial charge < -0.3 is 10.2 Å². The molecular formula is C20H31N2O+. The van der Waals surface area contributed by atoms with Gasteiger partial charge in [-0.2, -0.15) is 0 Å². The fraction of sp³-hybridized carbons (Fsp3) is 0.650. The summed E-state index contributed by atoms with van der Waals surface area (Å²) in [5.74, 6) is 0.854. The van der Waals surface area contributed by atoms with Crippen LogP contribution in [0.15, 0.2) is 24.3 Å². The summed E-state index contributed by atoms with van der Waals surface area (Å²) in [6.45, 7) is 2.86. The van der Waals surface area contributed by atoms with E-state index in [1.807, 2.05) is 0 Å². The fourth-order valence-corrected chi connectivity index (χ4v) is 4.43. The highest BCUT2D eigenvalue weighted by Gasteiger charge is 2.29. The van der Waals surface area contributed by atoms with E-state index in [0.29, 0.717) is 24.5 Å². The van der Waals surface area contributed by atoms with Crippen molar-refractivity contribution >= 4 is 5.91 Å². The first kappa shape index (κ1) is 16.5. The number of aryl methyl sites for hydroxylation is 1. The van der Waals surface area contributed by atoms with Gasteiger partial charge in [-0.25, -0.2) is 0 Å². The molecule has 1 amide bonds. The molecule has 3 nitrogen and oxygen atoms in total. The molecule has 1 saturated carbocycles. The average molecular weight is 315 g/mol. The Morgan fingerprint density at radius 1 is 1.17 bits per heavy atom. The first-order chi connectivity index (χ1) is 11.1. The Morgan fingerprint density at radius 3 is 2.78 bits per heavy atom. The number of carbonyl (C=O) groups excluding carboxylic acids is 1. The number of likely N-dealkylation sites (N-methyl/N-ethyl adjacent to an activating group) is 1. The van der Waals surface area contributed by atoms with Gasteiger partial charge in [-0.3, -0.25) is 4.79 Å². The molecule has 3 rings (SSSR count). The molecule has 2 aliphatic rings. The normalized spacial score (nSPS) is 28.7. The number of rotatable bonds is 4. The smallest absolute Gasteiger partial charge is 0.275 e. The number of benzene rings is 1. The first-order valence-corrected chi connectivity index (χ1v) is 9.34. The Bertz CT molecular complexity index is 542. The van der Waals surface area contributed by atoms with Gasteiger partial charge in [0.1, 0.15) is 6.04 Å². The fourth-order valence-electron chi connectivity index (χ4n) is 4.43. The standard InChI is InChI=1S/C20H30N2O/c1-15-8-3-6-12-18(15)21-20(23)14-22(2)19-13-7-10-16-9-4-5-11-17(16)19/h4-5,9,11,15,18-19H,3,6-8,10,12-14H2,1-2H3,(H,21,23)/p+1/t15-,18-,19+/m0/s1.